The second kappa shape index (κ2) is 9.44. The predicted molar refractivity (Wildman–Crippen MR) is 125 cm³/mol. The summed E-state index contributed by atoms with van der Waals surface area (Å²) in [4.78, 5) is 6.38. The van der Waals surface area contributed by atoms with Gasteiger partial charge < -0.3 is 4.90 Å². The molecule has 3 aromatic rings. The van der Waals surface area contributed by atoms with Gasteiger partial charge in [-0.05, 0) is 54.8 Å². The minimum absolute atomic E-state index is 0.285. The SMILES string of the molecule is O=S(=O)(c1cccc(C(F)(F)F)c1)C1CCN(c2nc(Cc3cc(Cl)cc(Cl)c3)cs2)CC1. The van der Waals surface area contributed by atoms with E-state index in [4.69, 9.17) is 23.2 Å². The molecule has 4 nitrogen and oxygen atoms in total. The maximum absolute atomic E-state index is 13.0. The van der Waals surface area contributed by atoms with Gasteiger partial charge >= 0.3 is 6.18 Å². The highest BCUT2D eigenvalue weighted by Crippen LogP contribution is 2.34. The van der Waals surface area contributed by atoms with Crippen molar-refractivity contribution in [2.45, 2.75) is 35.6 Å². The molecule has 33 heavy (non-hydrogen) atoms. The van der Waals surface area contributed by atoms with Gasteiger partial charge in [-0.15, -0.1) is 11.3 Å². The Morgan fingerprint density at radius 2 is 1.73 bits per heavy atom. The summed E-state index contributed by atoms with van der Waals surface area (Å²) < 4.78 is 64.9. The third kappa shape index (κ3) is 5.65. The lowest BCUT2D eigenvalue weighted by Gasteiger charge is -2.31. The average Bonchev–Trinajstić information content (AvgIpc) is 3.21. The summed E-state index contributed by atoms with van der Waals surface area (Å²) in [5, 5.41) is 3.10. The molecule has 0 radical (unpaired) electrons. The Hall–Kier alpha value is -1.81. The summed E-state index contributed by atoms with van der Waals surface area (Å²) in [7, 11) is -3.86. The second-order valence-electron chi connectivity index (χ2n) is 7.83. The molecule has 176 valence electrons. The van der Waals surface area contributed by atoms with Crippen molar-refractivity contribution in [3.8, 4) is 0 Å². The highest BCUT2D eigenvalue weighted by molar-refractivity contribution is 7.92. The van der Waals surface area contributed by atoms with Gasteiger partial charge in [-0.25, -0.2) is 13.4 Å². The molecular formula is C22H19Cl2F3N2O2S2. The van der Waals surface area contributed by atoms with Crippen molar-refractivity contribution in [1.29, 1.82) is 0 Å². The normalized spacial score (nSPS) is 15.7. The molecule has 0 amide bonds. The van der Waals surface area contributed by atoms with Crippen molar-refractivity contribution in [2.24, 2.45) is 0 Å². The lowest BCUT2D eigenvalue weighted by atomic mass is 10.1. The van der Waals surface area contributed by atoms with Gasteiger partial charge in [0.25, 0.3) is 0 Å². The number of hydrogen-bond donors (Lipinski definition) is 0. The van der Waals surface area contributed by atoms with Gasteiger partial charge in [-0.3, -0.25) is 0 Å². The Kier molecular flexibility index (Phi) is 6.96. The molecule has 2 heterocycles. The molecule has 1 saturated heterocycles. The van der Waals surface area contributed by atoms with E-state index >= 15 is 0 Å². The molecule has 0 spiro atoms. The third-order valence-corrected chi connectivity index (χ3v) is 9.14. The number of nitrogens with zero attached hydrogens (tertiary/aromatic N) is 2. The van der Waals surface area contributed by atoms with Crippen molar-refractivity contribution < 1.29 is 21.6 Å². The van der Waals surface area contributed by atoms with Crippen LogP contribution in [0, 0.1) is 0 Å². The summed E-state index contributed by atoms with van der Waals surface area (Å²) in [5.41, 5.74) is 0.833. The highest BCUT2D eigenvalue weighted by Gasteiger charge is 2.35. The zero-order valence-electron chi connectivity index (χ0n) is 17.1. The fourth-order valence-electron chi connectivity index (χ4n) is 3.84. The number of sulfone groups is 1. The van der Waals surface area contributed by atoms with E-state index in [9.17, 15) is 21.6 Å². The first kappa shape index (κ1) is 24.3. The molecule has 0 saturated carbocycles. The van der Waals surface area contributed by atoms with Gasteiger partial charge in [0, 0.05) is 34.9 Å². The topological polar surface area (TPSA) is 50.3 Å². The van der Waals surface area contributed by atoms with Crippen LogP contribution in [0.3, 0.4) is 0 Å². The molecule has 1 fully saturated rings. The van der Waals surface area contributed by atoms with Crippen LogP contribution in [0.15, 0.2) is 52.7 Å². The maximum Gasteiger partial charge on any atom is 0.416 e. The van der Waals surface area contributed by atoms with Gasteiger partial charge in [0.05, 0.1) is 21.4 Å². The molecule has 0 bridgehead atoms. The number of hydrogen-bond acceptors (Lipinski definition) is 5. The monoisotopic (exact) mass is 534 g/mol. The lowest BCUT2D eigenvalue weighted by molar-refractivity contribution is -0.137. The fourth-order valence-corrected chi connectivity index (χ4v) is 7.07. The Labute approximate surface area is 203 Å². The zero-order valence-corrected chi connectivity index (χ0v) is 20.3. The van der Waals surface area contributed by atoms with Crippen LogP contribution in [0.4, 0.5) is 18.3 Å². The van der Waals surface area contributed by atoms with E-state index < -0.39 is 26.8 Å². The van der Waals surface area contributed by atoms with E-state index in [2.05, 4.69) is 4.98 Å². The molecule has 0 atom stereocenters. The summed E-state index contributed by atoms with van der Waals surface area (Å²) in [6.45, 7) is 0.914. The van der Waals surface area contributed by atoms with Crippen LogP contribution >= 0.6 is 34.5 Å². The first-order valence-corrected chi connectivity index (χ1v) is 13.3. The summed E-state index contributed by atoms with van der Waals surface area (Å²) >= 11 is 13.6. The van der Waals surface area contributed by atoms with E-state index in [0.29, 0.717) is 42.4 Å². The smallest absolute Gasteiger partial charge is 0.348 e. The summed E-state index contributed by atoms with van der Waals surface area (Å²) in [5.74, 6) is 0. The molecule has 0 unspecified atom stereocenters. The Bertz CT molecular complexity index is 1230. The number of rotatable bonds is 5. The first-order valence-electron chi connectivity index (χ1n) is 10.1. The first-order chi connectivity index (χ1) is 15.5. The fraction of sp³-hybridized carbons (Fsp3) is 0.318. The van der Waals surface area contributed by atoms with Crippen molar-refractivity contribution in [3.05, 3.63) is 74.7 Å². The molecule has 11 heteroatoms. The Morgan fingerprint density at radius 3 is 2.36 bits per heavy atom. The van der Waals surface area contributed by atoms with Gasteiger partial charge in [-0.2, -0.15) is 13.2 Å². The number of anilines is 1. The number of aromatic nitrogens is 1. The van der Waals surface area contributed by atoms with Crippen molar-refractivity contribution >= 4 is 49.5 Å². The van der Waals surface area contributed by atoms with Crippen LogP contribution in [0.5, 0.6) is 0 Å². The standard InChI is InChI=1S/C22H19Cl2F3N2O2S2/c23-16-8-14(9-17(24)12-16)10-18-13-32-21(28-18)29-6-4-19(5-7-29)33(30,31)20-3-1-2-15(11-20)22(25,26)27/h1-3,8-9,11-13,19H,4-7,10H2. The van der Waals surface area contributed by atoms with Crippen LogP contribution in [0.2, 0.25) is 10.0 Å². The van der Waals surface area contributed by atoms with Gasteiger partial charge in [0.1, 0.15) is 0 Å². The number of thiazole rings is 1. The number of piperidine rings is 1. The molecule has 0 aliphatic carbocycles. The quantitative estimate of drug-likeness (QED) is 0.374. The minimum Gasteiger partial charge on any atom is -0.348 e. The van der Waals surface area contributed by atoms with E-state index in [0.717, 1.165) is 34.6 Å². The highest BCUT2D eigenvalue weighted by atomic mass is 35.5. The molecule has 1 aromatic heterocycles. The van der Waals surface area contributed by atoms with E-state index in [-0.39, 0.29) is 4.90 Å². The zero-order chi connectivity index (χ0) is 23.8. The van der Waals surface area contributed by atoms with Crippen LogP contribution in [0.25, 0.3) is 0 Å². The largest absolute Gasteiger partial charge is 0.416 e. The third-order valence-electron chi connectivity index (χ3n) is 5.49. The Morgan fingerprint density at radius 1 is 1.06 bits per heavy atom. The molecule has 4 rings (SSSR count). The molecular weight excluding hydrogens is 516 g/mol. The molecule has 2 aromatic carbocycles. The number of halogens is 5. The van der Waals surface area contributed by atoms with Gasteiger partial charge in [-0.1, -0.05) is 29.3 Å². The van der Waals surface area contributed by atoms with Gasteiger partial charge in [0.15, 0.2) is 15.0 Å². The second-order valence-corrected chi connectivity index (χ2v) is 11.8. The summed E-state index contributed by atoms with van der Waals surface area (Å²) in [6.07, 6.45) is -3.39. The summed E-state index contributed by atoms with van der Waals surface area (Å²) in [6, 6.07) is 9.28. The molecule has 0 N–H and O–H groups in total. The lowest BCUT2D eigenvalue weighted by Crippen LogP contribution is -2.39. The molecule has 1 aliphatic rings. The van der Waals surface area contributed by atoms with Crippen molar-refractivity contribution in [3.63, 3.8) is 0 Å². The van der Waals surface area contributed by atoms with E-state index in [1.807, 2.05) is 22.4 Å². The van der Waals surface area contributed by atoms with Gasteiger partial charge in [0.2, 0.25) is 0 Å². The number of benzene rings is 2. The minimum atomic E-state index is -4.59. The predicted octanol–water partition coefficient (Wildman–Crippen LogP) is 6.50. The van der Waals surface area contributed by atoms with Crippen molar-refractivity contribution in [1.82, 2.24) is 4.98 Å². The van der Waals surface area contributed by atoms with Crippen molar-refractivity contribution in [2.75, 3.05) is 18.0 Å². The van der Waals surface area contributed by atoms with E-state index in [1.165, 1.54) is 17.4 Å². The maximum atomic E-state index is 13.0. The van der Waals surface area contributed by atoms with E-state index in [1.54, 1.807) is 6.07 Å². The Balaban J connectivity index is 1.42. The van der Waals surface area contributed by atoms with Crippen LogP contribution < -0.4 is 4.90 Å². The molecule has 1 aliphatic heterocycles. The number of alkyl halides is 3. The van der Waals surface area contributed by atoms with Crippen LogP contribution in [-0.2, 0) is 22.4 Å². The van der Waals surface area contributed by atoms with Crippen LogP contribution in [-0.4, -0.2) is 31.7 Å². The van der Waals surface area contributed by atoms with Crippen LogP contribution in [0.1, 0.15) is 29.7 Å². The average molecular weight is 535 g/mol.